The standard InChI is InChI=1S/C43H38ClF10N7O2S/c1-7-9-27(21(3)4)40(63)61(64-6)39-34-31(44)13-12-29(36(34)60(58-39)20-41(47,48)49)28-11-10-26(8-2)55-35(28)32(17-23-15-24(45)18-25(46)16-23)56-33(62)19-59-38-30(14-22(5)42(38,50)51)37(57-59)43(52,53)54/h7,9-13,15-16,18,22,32H,1,3,8,14,17,19-20H2,2,4-6H3,(H,56,62)/b27-9+/t22-,32?/m1/s1. The number of allylic oxidation sites excluding steroid dienone is 2. The van der Waals surface area contributed by atoms with Crippen LogP contribution >= 0.6 is 23.5 Å². The van der Waals surface area contributed by atoms with Crippen LogP contribution in [0.25, 0.3) is 22.0 Å². The molecule has 5 aromatic rings. The van der Waals surface area contributed by atoms with E-state index in [4.69, 9.17) is 16.6 Å². The average Bonchev–Trinajstić information content (AvgIpc) is 3.81. The third-order valence-corrected chi connectivity index (χ3v) is 11.4. The van der Waals surface area contributed by atoms with Crippen molar-refractivity contribution in [3.63, 3.8) is 0 Å². The van der Waals surface area contributed by atoms with Gasteiger partial charge in [-0.2, -0.15) is 45.3 Å². The van der Waals surface area contributed by atoms with Gasteiger partial charge >= 0.3 is 12.4 Å². The van der Waals surface area contributed by atoms with E-state index in [9.17, 15) is 44.7 Å². The minimum Gasteiger partial charge on any atom is -0.346 e. The van der Waals surface area contributed by atoms with Crippen molar-refractivity contribution < 1.29 is 53.5 Å². The molecule has 21 heteroatoms. The first-order valence-corrected chi connectivity index (χ1v) is 20.9. The van der Waals surface area contributed by atoms with Gasteiger partial charge < -0.3 is 5.32 Å². The van der Waals surface area contributed by atoms with E-state index in [2.05, 4.69) is 28.7 Å². The Morgan fingerprint density at radius 1 is 1.05 bits per heavy atom. The van der Waals surface area contributed by atoms with Gasteiger partial charge in [0, 0.05) is 46.2 Å². The third kappa shape index (κ3) is 9.57. The first-order valence-electron chi connectivity index (χ1n) is 19.3. The van der Waals surface area contributed by atoms with Crippen LogP contribution in [0.15, 0.2) is 78.9 Å². The highest BCUT2D eigenvalue weighted by Crippen LogP contribution is 2.50. The first kappa shape index (κ1) is 47.8. The van der Waals surface area contributed by atoms with Crippen molar-refractivity contribution >= 4 is 52.1 Å². The lowest BCUT2D eigenvalue weighted by Gasteiger charge is -2.24. The molecule has 3 aromatic heterocycles. The highest BCUT2D eigenvalue weighted by atomic mass is 35.5. The molecule has 3 heterocycles. The second-order valence-electron chi connectivity index (χ2n) is 15.0. The molecule has 0 saturated carbocycles. The largest absolute Gasteiger partial charge is 0.435 e. The molecule has 2 amide bonds. The van der Waals surface area contributed by atoms with Crippen molar-refractivity contribution in [2.45, 2.75) is 77.4 Å². The van der Waals surface area contributed by atoms with Gasteiger partial charge in [0.05, 0.1) is 27.7 Å². The zero-order chi connectivity index (χ0) is 47.2. The molecule has 64 heavy (non-hydrogen) atoms. The van der Waals surface area contributed by atoms with Crippen molar-refractivity contribution in [2.75, 3.05) is 10.6 Å². The Bertz CT molecular complexity index is 2690. The fourth-order valence-electron chi connectivity index (χ4n) is 7.63. The third-order valence-electron chi connectivity index (χ3n) is 10.4. The molecule has 9 nitrogen and oxygen atoms in total. The summed E-state index contributed by atoms with van der Waals surface area (Å²) in [7, 11) is 0. The summed E-state index contributed by atoms with van der Waals surface area (Å²) >= 11 is 7.55. The van der Waals surface area contributed by atoms with Crippen LogP contribution in [0.4, 0.5) is 49.7 Å². The van der Waals surface area contributed by atoms with Crippen molar-refractivity contribution in [3.05, 3.63) is 129 Å². The second kappa shape index (κ2) is 18.1. The molecule has 6 rings (SSSR count). The molecule has 2 aromatic carbocycles. The fraction of sp³-hybridized carbons (Fsp3) is 0.326. The van der Waals surface area contributed by atoms with Gasteiger partial charge in [-0.15, -0.1) is 0 Å². The van der Waals surface area contributed by atoms with Crippen LogP contribution in [0.1, 0.15) is 60.7 Å². The van der Waals surface area contributed by atoms with Gasteiger partial charge in [-0.25, -0.2) is 13.1 Å². The molecule has 1 N–H and O–H groups in total. The number of benzene rings is 2. The summed E-state index contributed by atoms with van der Waals surface area (Å²) in [5.41, 5.74) is -3.18. The lowest BCUT2D eigenvalue weighted by atomic mass is 9.93. The van der Waals surface area contributed by atoms with Gasteiger partial charge in [0.1, 0.15) is 30.4 Å². The topological polar surface area (TPSA) is 97.9 Å². The predicted molar refractivity (Wildman–Crippen MR) is 222 cm³/mol. The van der Waals surface area contributed by atoms with E-state index in [1.807, 2.05) is 0 Å². The summed E-state index contributed by atoms with van der Waals surface area (Å²) < 4.78 is 147. The summed E-state index contributed by atoms with van der Waals surface area (Å²) in [6, 6.07) is 6.61. The number of amides is 2. The van der Waals surface area contributed by atoms with Crippen molar-refractivity contribution in [1.82, 2.24) is 29.9 Å². The van der Waals surface area contributed by atoms with Crippen molar-refractivity contribution in [1.29, 1.82) is 0 Å². The number of alkyl halides is 8. The lowest BCUT2D eigenvalue weighted by Crippen LogP contribution is -2.35. The minimum absolute atomic E-state index is 0.0202. The molecule has 0 bridgehead atoms. The van der Waals surface area contributed by atoms with E-state index in [-0.39, 0.29) is 60.8 Å². The Morgan fingerprint density at radius 2 is 1.70 bits per heavy atom. The Labute approximate surface area is 369 Å². The van der Waals surface area contributed by atoms with Crippen LogP contribution < -0.4 is 9.62 Å². The number of nitrogens with zero attached hydrogens (tertiary/aromatic N) is 6. The predicted octanol–water partition coefficient (Wildman–Crippen LogP) is 11.1. The van der Waals surface area contributed by atoms with Crippen molar-refractivity contribution in [3.8, 4) is 11.1 Å². The number of aromatic nitrogens is 5. The molecule has 1 aliphatic carbocycles. The number of rotatable bonds is 14. The quantitative estimate of drug-likeness (QED) is 0.0515. The smallest absolute Gasteiger partial charge is 0.346 e. The number of carbonyl (C=O) groups is 2. The Kier molecular flexibility index (Phi) is 13.5. The maximum Gasteiger partial charge on any atom is 0.435 e. The number of carbonyl (C=O) groups excluding carboxylic acids is 2. The zero-order valence-electron chi connectivity index (χ0n) is 34.4. The highest BCUT2D eigenvalue weighted by molar-refractivity contribution is 8.00. The number of pyridine rings is 1. The van der Waals surface area contributed by atoms with Gasteiger partial charge in [-0.05, 0) is 79.6 Å². The first-order chi connectivity index (χ1) is 29.9. The SMILES string of the molecule is C=C/C=C(\C(=C)C)C(=O)N(SC)c1nn(CC(F)(F)F)c2c(-c3ccc(CC)nc3C(Cc3cc(F)cc(F)c3)NC(=O)Cn3nc(C(F)(F)F)c4c3C(F)(F)[C@H](C)C4)ccc(Cl)c12. The van der Waals surface area contributed by atoms with Gasteiger partial charge in [-0.1, -0.05) is 56.8 Å². The second-order valence-corrected chi connectivity index (χ2v) is 16.2. The lowest BCUT2D eigenvalue weighted by molar-refractivity contribution is -0.143. The number of hydrogen-bond acceptors (Lipinski definition) is 6. The molecule has 2 atom stereocenters. The van der Waals surface area contributed by atoms with Crippen molar-refractivity contribution in [2.24, 2.45) is 5.92 Å². The van der Waals surface area contributed by atoms with Crippen LogP contribution in [0, 0.1) is 17.6 Å². The van der Waals surface area contributed by atoms with Crippen LogP contribution in [0.5, 0.6) is 0 Å². The number of fused-ring (bicyclic) bond motifs is 2. The van der Waals surface area contributed by atoms with E-state index in [1.165, 1.54) is 49.6 Å². The summed E-state index contributed by atoms with van der Waals surface area (Å²) in [5, 5.41) is 9.95. The molecule has 0 radical (unpaired) electrons. The van der Waals surface area contributed by atoms with Gasteiger partial charge in [0.2, 0.25) is 5.91 Å². The Balaban J connectivity index is 1.57. The average molecular weight is 942 g/mol. The van der Waals surface area contributed by atoms with E-state index in [1.54, 1.807) is 6.92 Å². The number of nitrogens with one attached hydrogen (secondary N) is 1. The number of hydrogen-bond donors (Lipinski definition) is 1. The molecular weight excluding hydrogens is 904 g/mol. The monoisotopic (exact) mass is 941 g/mol. The number of anilines is 1. The summed E-state index contributed by atoms with van der Waals surface area (Å²) in [6.07, 6.45) is -6.78. The highest BCUT2D eigenvalue weighted by Gasteiger charge is 2.54. The molecule has 1 aliphatic rings. The summed E-state index contributed by atoms with van der Waals surface area (Å²) in [6.45, 7) is 8.86. The molecule has 0 fully saturated rings. The number of halogens is 11. The fourth-order valence-corrected chi connectivity index (χ4v) is 8.44. The van der Waals surface area contributed by atoms with E-state index in [0.29, 0.717) is 22.0 Å². The van der Waals surface area contributed by atoms with Crippen LogP contribution in [-0.4, -0.2) is 48.8 Å². The zero-order valence-corrected chi connectivity index (χ0v) is 35.9. The summed E-state index contributed by atoms with van der Waals surface area (Å²) in [4.78, 5) is 32.6. The molecular formula is C43H38ClF10N7O2S. The van der Waals surface area contributed by atoms with E-state index in [0.717, 1.165) is 35.3 Å². The molecule has 0 saturated heterocycles. The Morgan fingerprint density at radius 3 is 2.28 bits per heavy atom. The van der Waals surface area contributed by atoms with E-state index >= 15 is 8.78 Å². The Hall–Kier alpha value is -5.63. The molecule has 0 spiro atoms. The van der Waals surface area contributed by atoms with Crippen LogP contribution in [-0.2, 0) is 54.0 Å². The number of aryl methyl sites for hydroxylation is 1. The molecule has 340 valence electrons. The molecule has 1 unspecified atom stereocenters. The normalized spacial score (nSPS) is 15.6. The van der Waals surface area contributed by atoms with Crippen LogP contribution in [0.2, 0.25) is 5.02 Å². The van der Waals surface area contributed by atoms with Crippen LogP contribution in [0.3, 0.4) is 0 Å². The van der Waals surface area contributed by atoms with Gasteiger partial charge in [0.25, 0.3) is 11.8 Å². The van der Waals surface area contributed by atoms with E-state index < -0.39 is 96.6 Å². The minimum atomic E-state index is -5.15. The maximum absolute atomic E-state index is 15.4. The van der Waals surface area contributed by atoms with Gasteiger partial charge in [0.15, 0.2) is 11.5 Å². The summed E-state index contributed by atoms with van der Waals surface area (Å²) in [5.74, 6) is -9.60. The maximum atomic E-state index is 15.4. The molecule has 0 aliphatic heterocycles. The van der Waals surface area contributed by atoms with Gasteiger partial charge in [-0.3, -0.25) is 23.9 Å².